The summed E-state index contributed by atoms with van der Waals surface area (Å²) in [6.07, 6.45) is 4.03. The van der Waals surface area contributed by atoms with E-state index in [1.807, 2.05) is 0 Å². The maximum absolute atomic E-state index is 11.1. The van der Waals surface area contributed by atoms with Gasteiger partial charge in [0.2, 0.25) is 5.91 Å². The van der Waals surface area contributed by atoms with Gasteiger partial charge in [0.25, 0.3) is 0 Å². The van der Waals surface area contributed by atoms with E-state index in [0.717, 1.165) is 31.4 Å². The van der Waals surface area contributed by atoms with Gasteiger partial charge in [-0.05, 0) is 25.0 Å². The molecular formula is C10H19NNaO3S2+. The van der Waals surface area contributed by atoms with Crippen LogP contribution >= 0.6 is 25.3 Å². The molecule has 1 amide bonds. The summed E-state index contributed by atoms with van der Waals surface area (Å²) >= 11 is 8.49. The molecule has 0 spiro atoms. The number of hydrogen-bond donors (Lipinski definition) is 4. The first-order valence-electron chi connectivity index (χ1n) is 5.33. The number of rotatable bonds is 9. The molecule has 1 unspecified atom stereocenters. The molecule has 0 aromatic carbocycles. The number of nitrogens with one attached hydrogen (secondary N) is 1. The Balaban J connectivity index is 0. The van der Waals surface area contributed by atoms with Crippen LogP contribution in [0.3, 0.4) is 0 Å². The predicted molar refractivity (Wildman–Crippen MR) is 70.4 cm³/mol. The number of carbonyl (C=O) groups is 2. The van der Waals surface area contributed by atoms with Gasteiger partial charge < -0.3 is 10.4 Å². The number of unbranched alkanes of at least 4 members (excludes halogenated alkanes) is 1. The van der Waals surface area contributed by atoms with E-state index in [9.17, 15) is 9.59 Å². The number of aliphatic carboxylic acids is 1. The van der Waals surface area contributed by atoms with Crippen molar-refractivity contribution in [3.05, 3.63) is 0 Å². The fraction of sp³-hybridized carbons (Fsp3) is 0.800. The fourth-order valence-electron chi connectivity index (χ4n) is 1.22. The minimum atomic E-state index is -1.02. The second kappa shape index (κ2) is 13.1. The normalized spacial score (nSPS) is 11.4. The number of carboxylic acids is 1. The summed E-state index contributed by atoms with van der Waals surface area (Å²) in [5, 5.41) is 11.0. The van der Waals surface area contributed by atoms with Crippen molar-refractivity contribution in [2.75, 3.05) is 12.3 Å². The van der Waals surface area contributed by atoms with Crippen molar-refractivity contribution >= 4 is 37.1 Å². The SMILES string of the molecule is O=C(O)CNC(=O)CCCCC(S)CCS.[Na+]. The van der Waals surface area contributed by atoms with E-state index in [0.29, 0.717) is 11.7 Å². The molecule has 0 saturated heterocycles. The molecule has 2 N–H and O–H groups in total. The fourth-order valence-corrected chi connectivity index (χ4v) is 2.05. The average molecular weight is 288 g/mol. The summed E-state index contributed by atoms with van der Waals surface area (Å²) < 4.78 is 0. The molecule has 0 aromatic heterocycles. The standard InChI is InChI=1S/C10H19NO3S2.Na/c12-9(11-7-10(13)14)4-2-1-3-8(16)5-6-15;/h8,15-16H,1-7H2,(H,11,12)(H,13,14);/q;+1. The summed E-state index contributed by atoms with van der Waals surface area (Å²) in [5.41, 5.74) is 0. The van der Waals surface area contributed by atoms with Gasteiger partial charge >= 0.3 is 35.5 Å². The molecule has 1 atom stereocenters. The van der Waals surface area contributed by atoms with E-state index < -0.39 is 5.97 Å². The molecule has 0 bridgehead atoms. The third-order valence-corrected chi connectivity index (χ3v) is 2.86. The molecule has 17 heavy (non-hydrogen) atoms. The smallest absolute Gasteiger partial charge is 0.480 e. The Morgan fingerprint density at radius 2 is 1.88 bits per heavy atom. The first-order valence-corrected chi connectivity index (χ1v) is 6.48. The number of carboxylic acid groups (broad SMARTS) is 1. The first kappa shape index (κ1) is 20.0. The Morgan fingerprint density at radius 3 is 2.41 bits per heavy atom. The van der Waals surface area contributed by atoms with E-state index in [4.69, 9.17) is 5.11 Å². The second-order valence-corrected chi connectivity index (χ2v) is 4.76. The zero-order valence-corrected chi connectivity index (χ0v) is 14.0. The third-order valence-electron chi connectivity index (χ3n) is 2.09. The number of amides is 1. The van der Waals surface area contributed by atoms with Gasteiger partial charge in [0.05, 0.1) is 0 Å². The molecule has 0 heterocycles. The van der Waals surface area contributed by atoms with Gasteiger partial charge in [-0.1, -0.05) is 6.42 Å². The van der Waals surface area contributed by atoms with Crippen molar-refractivity contribution in [2.24, 2.45) is 0 Å². The van der Waals surface area contributed by atoms with Crippen LogP contribution in [0.4, 0.5) is 0 Å². The molecule has 0 saturated carbocycles. The minimum Gasteiger partial charge on any atom is -0.480 e. The monoisotopic (exact) mass is 288 g/mol. The molecule has 7 heteroatoms. The summed E-state index contributed by atoms with van der Waals surface area (Å²) in [6, 6.07) is 0. The molecule has 0 aliphatic rings. The van der Waals surface area contributed by atoms with Gasteiger partial charge in [-0.3, -0.25) is 9.59 Å². The van der Waals surface area contributed by atoms with Crippen LogP contribution < -0.4 is 34.9 Å². The van der Waals surface area contributed by atoms with Gasteiger partial charge in [0, 0.05) is 11.7 Å². The summed E-state index contributed by atoms with van der Waals surface area (Å²) in [5.74, 6) is -0.391. The molecule has 0 aromatic rings. The Kier molecular flexibility index (Phi) is 15.4. The number of carbonyl (C=O) groups excluding carboxylic acids is 1. The topological polar surface area (TPSA) is 66.4 Å². The quantitative estimate of drug-likeness (QED) is 0.234. The molecule has 94 valence electrons. The van der Waals surface area contributed by atoms with Crippen molar-refractivity contribution in [3.8, 4) is 0 Å². The van der Waals surface area contributed by atoms with E-state index in [1.165, 1.54) is 0 Å². The van der Waals surface area contributed by atoms with Crippen LogP contribution in [-0.4, -0.2) is 34.5 Å². The van der Waals surface area contributed by atoms with Crippen LogP contribution in [0.25, 0.3) is 0 Å². The third kappa shape index (κ3) is 14.6. The van der Waals surface area contributed by atoms with Crippen LogP contribution in [-0.2, 0) is 9.59 Å². The molecule has 0 aliphatic carbocycles. The van der Waals surface area contributed by atoms with E-state index in [1.54, 1.807) is 0 Å². The zero-order valence-electron chi connectivity index (χ0n) is 10.2. The van der Waals surface area contributed by atoms with Gasteiger partial charge in [0.1, 0.15) is 6.54 Å². The molecule has 0 radical (unpaired) electrons. The Bertz CT molecular complexity index is 230. The molecule has 0 fully saturated rings. The first-order chi connectivity index (χ1) is 7.56. The van der Waals surface area contributed by atoms with E-state index in [2.05, 4.69) is 30.6 Å². The van der Waals surface area contributed by atoms with Gasteiger partial charge in [-0.25, -0.2) is 0 Å². The molecule has 0 rings (SSSR count). The van der Waals surface area contributed by atoms with Crippen molar-refractivity contribution in [2.45, 2.75) is 37.4 Å². The Labute approximate surface area is 135 Å². The maximum Gasteiger partial charge on any atom is 1.00 e. The summed E-state index contributed by atoms with van der Waals surface area (Å²) in [6.45, 7) is -0.298. The van der Waals surface area contributed by atoms with Crippen LogP contribution in [0.5, 0.6) is 0 Å². The van der Waals surface area contributed by atoms with Crippen LogP contribution in [0.15, 0.2) is 0 Å². The summed E-state index contributed by atoms with van der Waals surface area (Å²) in [4.78, 5) is 21.3. The molecular weight excluding hydrogens is 269 g/mol. The van der Waals surface area contributed by atoms with Crippen LogP contribution in [0.1, 0.15) is 32.1 Å². The van der Waals surface area contributed by atoms with Crippen LogP contribution in [0.2, 0.25) is 0 Å². The zero-order chi connectivity index (χ0) is 12.4. The maximum atomic E-state index is 11.1. The molecule has 4 nitrogen and oxygen atoms in total. The summed E-state index contributed by atoms with van der Waals surface area (Å²) in [7, 11) is 0. The second-order valence-electron chi connectivity index (χ2n) is 3.58. The van der Waals surface area contributed by atoms with Crippen molar-refractivity contribution < 1.29 is 44.3 Å². The van der Waals surface area contributed by atoms with Gasteiger partial charge in [-0.2, -0.15) is 25.3 Å². The number of hydrogen-bond acceptors (Lipinski definition) is 4. The van der Waals surface area contributed by atoms with E-state index >= 15 is 0 Å². The minimum absolute atomic E-state index is 0. The molecule has 0 aliphatic heterocycles. The average Bonchev–Trinajstić information content (AvgIpc) is 2.22. The number of thiol groups is 2. The van der Waals surface area contributed by atoms with E-state index in [-0.39, 0.29) is 42.0 Å². The largest absolute Gasteiger partial charge is 1.00 e. The Hall–Kier alpha value is 0.640. The van der Waals surface area contributed by atoms with Crippen molar-refractivity contribution in [1.82, 2.24) is 5.32 Å². The van der Waals surface area contributed by atoms with Crippen molar-refractivity contribution in [1.29, 1.82) is 0 Å². The Morgan fingerprint density at radius 1 is 1.24 bits per heavy atom. The van der Waals surface area contributed by atoms with Gasteiger partial charge in [-0.15, -0.1) is 0 Å². The van der Waals surface area contributed by atoms with Crippen molar-refractivity contribution in [3.63, 3.8) is 0 Å². The van der Waals surface area contributed by atoms with Gasteiger partial charge in [0.15, 0.2) is 0 Å². The predicted octanol–water partition coefficient (Wildman–Crippen LogP) is -1.63. The van der Waals surface area contributed by atoms with Crippen LogP contribution in [0, 0.1) is 0 Å².